The number of benzene rings is 5. The van der Waals surface area contributed by atoms with Crippen molar-refractivity contribution in [2.45, 2.75) is 103 Å². The van der Waals surface area contributed by atoms with Crippen LogP contribution in [0, 0.1) is 11.8 Å². The Balaban J connectivity index is 0.000000283. The van der Waals surface area contributed by atoms with E-state index < -0.39 is 82.2 Å². The van der Waals surface area contributed by atoms with E-state index in [4.69, 9.17) is 96.9 Å². The second kappa shape index (κ2) is 41.6. The number of carbonyl (C=O) groups is 3. The number of aromatic nitrogens is 2. The highest BCUT2D eigenvalue weighted by atomic mass is 35.7. The third kappa shape index (κ3) is 27.0. The number of thioether (sulfide) groups is 2. The number of hydrogen-bond acceptors (Lipinski definition) is 22. The van der Waals surface area contributed by atoms with E-state index in [1.54, 1.807) is 36.7 Å². The van der Waals surface area contributed by atoms with Crippen LogP contribution >= 0.6 is 104 Å². The van der Waals surface area contributed by atoms with Crippen molar-refractivity contribution in [1.82, 2.24) is 9.62 Å². The van der Waals surface area contributed by atoms with Crippen LogP contribution in [0.2, 0.25) is 20.1 Å². The van der Waals surface area contributed by atoms with Crippen molar-refractivity contribution >= 4 is 150 Å². The molecule has 4 heterocycles. The zero-order valence-electron chi connectivity index (χ0n) is 54.3. The molecule has 0 spiro atoms. The SMILES string of the molecule is Cl.O=C(O)c1cccc(S(=O)(=O)Cl)c1.O=C(O[C@@H](Cc1c(Cl)c[nH+]cc1Cl)c1ccc(OC(F)F)c(OCC2CC2)c1)[C@@H]1SCCN1S(=O)(=O)c1cccc(CO)c1.O=C(O[C@@H](Cc1c(Cl)c[nH+]cc1Cl)c1ccc(OC(F)F)c(OCC2CC2)c1)[C@H]1NCCS1.O=S(=O)(Cl)c1cccc(CO)c1.[OH-].[OH-]. The van der Waals surface area contributed by atoms with Crippen molar-refractivity contribution in [2.24, 2.45) is 11.8 Å². The van der Waals surface area contributed by atoms with Crippen LogP contribution in [0.1, 0.15) is 81.6 Å². The molecule has 0 unspecified atom stereocenters. The zero-order chi connectivity index (χ0) is 74.1. The number of aromatic amines is 2. The van der Waals surface area contributed by atoms with E-state index in [1.807, 2.05) is 0 Å². The van der Waals surface area contributed by atoms with Gasteiger partial charge in [-0.05, 0) is 127 Å². The number of aliphatic hydroxyl groups is 2. The Morgan fingerprint density at radius 3 is 1.41 bits per heavy atom. The Morgan fingerprint density at radius 1 is 0.571 bits per heavy atom. The number of hydrogen-bond donors (Lipinski definition) is 4. The number of halogens is 11. The number of nitrogens with one attached hydrogen (secondary N) is 3. The summed E-state index contributed by atoms with van der Waals surface area (Å²) >= 11 is 28.1. The van der Waals surface area contributed by atoms with Crippen molar-refractivity contribution in [2.75, 3.05) is 37.8 Å². The monoisotopic (exact) mass is 1700 g/mol. The van der Waals surface area contributed by atoms with Crippen LogP contribution in [0.25, 0.3) is 0 Å². The minimum atomic E-state index is -4.13. The molecule has 2 saturated carbocycles. The molecule has 8 N–H and O–H groups in total. The summed E-state index contributed by atoms with van der Waals surface area (Å²) in [6.45, 7) is -5.13. The van der Waals surface area contributed by atoms with E-state index in [9.17, 15) is 62.3 Å². The second-order valence-corrected chi connectivity index (χ2v) is 33.6. The molecule has 40 heteroatoms. The van der Waals surface area contributed by atoms with Gasteiger partial charge in [0.25, 0.3) is 18.1 Å². The predicted molar refractivity (Wildman–Crippen MR) is 383 cm³/mol. The normalized spacial score (nSPS) is 16.1. The van der Waals surface area contributed by atoms with Crippen molar-refractivity contribution in [3.63, 3.8) is 0 Å². The maximum atomic E-state index is 13.7. The first-order chi connectivity index (χ1) is 48.4. The Hall–Kier alpha value is -5.93. The summed E-state index contributed by atoms with van der Waals surface area (Å²) in [4.78, 5) is 42.3. The maximum absolute atomic E-state index is 13.7. The van der Waals surface area contributed by atoms with Crippen LogP contribution in [0.4, 0.5) is 17.6 Å². The van der Waals surface area contributed by atoms with Gasteiger partial charge in [-0.3, -0.25) is 5.32 Å². The summed E-state index contributed by atoms with van der Waals surface area (Å²) in [6, 6.07) is 25.3. The van der Waals surface area contributed by atoms with Gasteiger partial charge in [0.05, 0.1) is 46.7 Å². The standard InChI is InChI=1S/C29H28Cl2F2N2O7S2.C22H22Cl2F2N2O4S.C7H5ClO4S.C7H7ClO3S.ClH.2H2O/c30-22-13-34-14-23(31)21(22)12-25(19-6-7-24(42-29(32)33)26(11-19)40-16-17-4-5-17)41-28(37)27-35(8-9-43-27)44(38,39)20-3-1-2-18(10-20)15-36;23-15-9-27-10-16(24)14(15)8-18(31-21(29)20-28-5-6-33-20)13-3-4-17(32-22(25)26)19(7-13)30-11-12-1-2-12;8-13(11,12)6-3-1-2-5(4-6)7(9)10;8-12(10,11)7-3-1-2-6(4-7)5-9;;;/h1-3,6-7,10-11,13-14,17,25,27,29,36H,4-5,8-9,12,15-16H2;3-4,7,9-10,12,18,20,22,28H,1-2,5-6,8,11H2;1-4H,(H,9,10);1-4,9H,5H2;1H;2*1H2/t25-,27-;18-,20-;;;;;/m00...../s1. The van der Waals surface area contributed by atoms with Crippen LogP contribution in [-0.4, -0.2) is 136 Å². The fourth-order valence-corrected chi connectivity index (χ4v) is 16.3. The number of aromatic carboxylic acids is 1. The number of carboxylic acids is 1. The van der Waals surface area contributed by atoms with E-state index >= 15 is 0 Å². The van der Waals surface area contributed by atoms with Gasteiger partial charge >= 0.3 is 31.1 Å². The number of nitrogens with zero attached hydrogens (tertiary/aromatic N) is 1. The molecule has 11 rings (SSSR count). The molecule has 2 aliphatic heterocycles. The number of carboxylic acid groups (broad SMARTS) is 1. The van der Waals surface area contributed by atoms with Gasteiger partial charge in [0.1, 0.15) is 32.3 Å². The number of sulfonamides is 1. The molecule has 2 aromatic heterocycles. The number of ether oxygens (including phenoxy) is 6. The maximum Gasteiger partial charge on any atom is 0.387 e. The highest BCUT2D eigenvalue weighted by molar-refractivity contribution is 8.14. The Labute approximate surface area is 644 Å². The fourth-order valence-electron chi connectivity index (χ4n) is 9.59. The summed E-state index contributed by atoms with van der Waals surface area (Å²) in [5, 5.41) is 29.4. The van der Waals surface area contributed by atoms with Crippen molar-refractivity contribution in [3.05, 3.63) is 193 Å². The first-order valence-electron chi connectivity index (χ1n) is 30.5. The largest absolute Gasteiger partial charge is 0.870 e. The minimum Gasteiger partial charge on any atom is -0.870 e. The first kappa shape index (κ1) is 89.7. The summed E-state index contributed by atoms with van der Waals surface area (Å²) in [5.41, 5.74) is 2.79. The molecule has 0 bridgehead atoms. The molecular weight excluding hydrogens is 1640 g/mol. The molecular formula is C65H67Cl7F4N4O20S5. The van der Waals surface area contributed by atoms with Crippen LogP contribution in [0.3, 0.4) is 0 Å². The highest BCUT2D eigenvalue weighted by Gasteiger charge is 2.43. The number of esters is 2. The lowest BCUT2D eigenvalue weighted by Gasteiger charge is -2.26. The smallest absolute Gasteiger partial charge is 0.387 e. The lowest BCUT2D eigenvalue weighted by molar-refractivity contribution is -0.378. The topological polar surface area (TPSA) is 373 Å². The zero-order valence-corrected chi connectivity index (χ0v) is 63.7. The molecule has 574 valence electrons. The Bertz CT molecular complexity index is 4410. The molecule has 2 aliphatic carbocycles. The van der Waals surface area contributed by atoms with Gasteiger partial charge in [-0.15, -0.1) is 35.9 Å². The van der Waals surface area contributed by atoms with Gasteiger partial charge < -0.3 is 54.7 Å². The second-order valence-electron chi connectivity index (χ2n) is 22.6. The summed E-state index contributed by atoms with van der Waals surface area (Å²) in [7, 11) is -1.56. The van der Waals surface area contributed by atoms with E-state index in [1.165, 1.54) is 103 Å². The van der Waals surface area contributed by atoms with Crippen LogP contribution in [-0.2, 0) is 73.2 Å². The molecule has 4 fully saturated rings. The molecule has 5 aromatic carbocycles. The van der Waals surface area contributed by atoms with Crippen molar-refractivity contribution in [3.8, 4) is 23.0 Å². The van der Waals surface area contributed by atoms with Crippen LogP contribution in [0.5, 0.6) is 23.0 Å². The van der Waals surface area contributed by atoms with Gasteiger partial charge in [-0.25, -0.2) is 49.6 Å². The Morgan fingerprint density at radius 2 is 1.00 bits per heavy atom. The minimum absolute atomic E-state index is 0. The van der Waals surface area contributed by atoms with E-state index in [-0.39, 0.29) is 109 Å². The number of pyridine rings is 2. The van der Waals surface area contributed by atoms with Gasteiger partial charge in [0.2, 0.25) is 10.0 Å². The van der Waals surface area contributed by atoms with Gasteiger partial charge in [0, 0.05) is 69.9 Å². The van der Waals surface area contributed by atoms with Gasteiger partial charge in [-0.2, -0.15) is 21.9 Å². The predicted octanol–water partition coefficient (Wildman–Crippen LogP) is 12.5. The quantitative estimate of drug-likeness (QED) is 0.0211. The molecule has 105 heavy (non-hydrogen) atoms. The third-order valence-electron chi connectivity index (χ3n) is 15.1. The van der Waals surface area contributed by atoms with E-state index in [0.717, 1.165) is 53.6 Å². The molecule has 7 aromatic rings. The number of H-pyrrole nitrogens is 2. The van der Waals surface area contributed by atoms with Crippen molar-refractivity contribution < 1.29 is 122 Å². The third-order valence-corrected chi connectivity index (χ3v) is 23.5. The van der Waals surface area contributed by atoms with Crippen molar-refractivity contribution in [1.29, 1.82) is 0 Å². The molecule has 4 aliphatic rings. The van der Waals surface area contributed by atoms with Gasteiger partial charge in [0.15, 0.2) is 58.5 Å². The molecule has 24 nitrogen and oxygen atoms in total. The number of aliphatic hydroxyl groups excluding tert-OH is 2. The summed E-state index contributed by atoms with van der Waals surface area (Å²) in [5.74, 6) is -0.600. The fraction of sp³-hybridized carbons (Fsp3) is 0.338. The number of rotatable bonds is 27. The average Bonchev–Trinajstić information content (AvgIpc) is 1.71. The summed E-state index contributed by atoms with van der Waals surface area (Å²) in [6.07, 6.45) is 8.53. The first-order valence-corrected chi connectivity index (χ1v) is 40.2. The number of alkyl halides is 4. The molecule has 0 amide bonds. The van der Waals surface area contributed by atoms with Crippen LogP contribution < -0.4 is 34.2 Å². The molecule has 2 saturated heterocycles. The molecule has 0 radical (unpaired) electrons. The van der Waals surface area contributed by atoms with Crippen LogP contribution in [0.15, 0.2) is 149 Å². The summed E-state index contributed by atoms with van der Waals surface area (Å²) < 4.78 is 156. The van der Waals surface area contributed by atoms with E-state index in [0.29, 0.717) is 80.8 Å². The lowest BCUT2D eigenvalue weighted by atomic mass is 10.0. The van der Waals surface area contributed by atoms with Gasteiger partial charge in [-0.1, -0.05) is 88.9 Å². The lowest BCUT2D eigenvalue weighted by Crippen LogP contribution is -2.40. The number of carbonyl (C=O) groups excluding carboxylic acids is 2. The highest BCUT2D eigenvalue weighted by Crippen LogP contribution is 2.42. The van der Waals surface area contributed by atoms with E-state index in [2.05, 4.69) is 24.8 Å². The average molecular weight is 1710 g/mol. The Kier molecular flexibility index (Phi) is 35.5. The molecule has 4 atom stereocenters.